The van der Waals surface area contributed by atoms with Crippen molar-refractivity contribution >= 4 is 10.8 Å². The Balaban J connectivity index is 2.41. The van der Waals surface area contributed by atoms with Crippen molar-refractivity contribution in [1.29, 1.82) is 0 Å². The van der Waals surface area contributed by atoms with E-state index in [1.54, 1.807) is 14.2 Å². The van der Waals surface area contributed by atoms with Crippen molar-refractivity contribution in [2.24, 2.45) is 0 Å². The van der Waals surface area contributed by atoms with Crippen LogP contribution in [-0.4, -0.2) is 55.6 Å². The molecule has 0 spiro atoms. The lowest BCUT2D eigenvalue weighted by atomic mass is 10.0. The number of hydrogen-bond acceptors (Lipinski definition) is 5. The standard InChI is InChI=1S/C17H23NO4/c1-18(10-13(20)11-19)9-12-7-8-15(21-2)14-5-4-6-16(22-3)17(12)14/h4-8,13,19-20H,9-11H2,1-3H3/t13-/m1/s1. The molecule has 0 aliphatic carbocycles. The minimum atomic E-state index is -0.739. The van der Waals surface area contributed by atoms with E-state index < -0.39 is 6.10 Å². The quantitative estimate of drug-likeness (QED) is 0.814. The molecule has 1 atom stereocenters. The molecule has 0 aliphatic rings. The van der Waals surface area contributed by atoms with Gasteiger partial charge in [-0.15, -0.1) is 0 Å². The van der Waals surface area contributed by atoms with E-state index in [1.807, 2.05) is 42.3 Å². The Labute approximate surface area is 130 Å². The van der Waals surface area contributed by atoms with E-state index in [0.29, 0.717) is 13.1 Å². The molecule has 0 fully saturated rings. The molecule has 2 rings (SSSR count). The van der Waals surface area contributed by atoms with Crippen LogP contribution < -0.4 is 9.47 Å². The summed E-state index contributed by atoms with van der Waals surface area (Å²) in [6.07, 6.45) is -0.739. The van der Waals surface area contributed by atoms with Crippen molar-refractivity contribution in [3.63, 3.8) is 0 Å². The molecule has 0 bridgehead atoms. The van der Waals surface area contributed by atoms with Gasteiger partial charge in [-0.1, -0.05) is 18.2 Å². The highest BCUT2D eigenvalue weighted by molar-refractivity contribution is 5.95. The second kappa shape index (κ2) is 7.45. The first-order chi connectivity index (χ1) is 10.6. The average molecular weight is 305 g/mol. The third-order valence-electron chi connectivity index (χ3n) is 3.66. The second-order valence-electron chi connectivity index (χ2n) is 5.34. The molecule has 120 valence electrons. The maximum absolute atomic E-state index is 9.57. The normalized spacial score (nSPS) is 12.6. The van der Waals surface area contributed by atoms with Crippen LogP contribution in [0.4, 0.5) is 0 Å². The first kappa shape index (κ1) is 16.5. The van der Waals surface area contributed by atoms with Crippen molar-refractivity contribution in [2.45, 2.75) is 12.6 Å². The monoisotopic (exact) mass is 305 g/mol. The number of methoxy groups -OCH3 is 2. The van der Waals surface area contributed by atoms with Crippen LogP contribution in [0.5, 0.6) is 11.5 Å². The molecule has 5 heteroatoms. The summed E-state index contributed by atoms with van der Waals surface area (Å²) < 4.78 is 10.9. The van der Waals surface area contributed by atoms with Gasteiger partial charge < -0.3 is 19.7 Å². The topological polar surface area (TPSA) is 62.2 Å². The van der Waals surface area contributed by atoms with Crippen LogP contribution in [0.15, 0.2) is 30.3 Å². The number of aliphatic hydroxyl groups is 2. The Morgan fingerprint density at radius 3 is 2.45 bits per heavy atom. The highest BCUT2D eigenvalue weighted by Gasteiger charge is 2.14. The first-order valence-electron chi connectivity index (χ1n) is 7.20. The molecule has 2 N–H and O–H groups in total. The molecule has 5 nitrogen and oxygen atoms in total. The van der Waals surface area contributed by atoms with Crippen LogP contribution in [0, 0.1) is 0 Å². The van der Waals surface area contributed by atoms with E-state index in [9.17, 15) is 5.11 Å². The van der Waals surface area contributed by atoms with E-state index in [1.165, 1.54) is 0 Å². The number of hydrogen-bond donors (Lipinski definition) is 2. The Bertz CT molecular complexity index is 629. The molecule has 0 aromatic heterocycles. The SMILES string of the molecule is COc1ccc(CN(C)C[C@@H](O)CO)c2c(OC)cccc12. The molecular weight excluding hydrogens is 282 g/mol. The van der Waals surface area contributed by atoms with Crippen LogP contribution in [-0.2, 0) is 6.54 Å². The highest BCUT2D eigenvalue weighted by Crippen LogP contribution is 2.35. The summed E-state index contributed by atoms with van der Waals surface area (Å²) in [7, 11) is 5.21. The average Bonchev–Trinajstić information content (AvgIpc) is 2.54. The predicted molar refractivity (Wildman–Crippen MR) is 86.5 cm³/mol. The smallest absolute Gasteiger partial charge is 0.127 e. The number of nitrogens with zero attached hydrogens (tertiary/aromatic N) is 1. The number of aliphatic hydroxyl groups excluding tert-OH is 2. The van der Waals surface area contributed by atoms with E-state index in [0.717, 1.165) is 27.8 Å². The number of rotatable bonds is 7. The molecule has 0 unspecified atom stereocenters. The lowest BCUT2D eigenvalue weighted by Gasteiger charge is -2.21. The van der Waals surface area contributed by atoms with Gasteiger partial charge in [-0.3, -0.25) is 4.90 Å². The minimum absolute atomic E-state index is 0.239. The largest absolute Gasteiger partial charge is 0.496 e. The fraction of sp³-hybridized carbons (Fsp3) is 0.412. The summed E-state index contributed by atoms with van der Waals surface area (Å²) in [6, 6.07) is 9.81. The Morgan fingerprint density at radius 2 is 1.82 bits per heavy atom. The molecule has 0 saturated heterocycles. The van der Waals surface area contributed by atoms with Crippen molar-refractivity contribution in [2.75, 3.05) is 34.4 Å². The van der Waals surface area contributed by atoms with Crippen molar-refractivity contribution in [3.8, 4) is 11.5 Å². The van der Waals surface area contributed by atoms with Crippen LogP contribution in [0.3, 0.4) is 0 Å². The molecule has 22 heavy (non-hydrogen) atoms. The van der Waals surface area contributed by atoms with Gasteiger partial charge in [-0.25, -0.2) is 0 Å². The summed E-state index contributed by atoms with van der Waals surface area (Å²) in [6.45, 7) is 0.800. The zero-order valence-corrected chi connectivity index (χ0v) is 13.2. The van der Waals surface area contributed by atoms with Crippen molar-refractivity contribution in [1.82, 2.24) is 4.90 Å². The summed E-state index contributed by atoms with van der Waals surface area (Å²) >= 11 is 0. The molecule has 2 aromatic carbocycles. The summed E-state index contributed by atoms with van der Waals surface area (Å²) in [4.78, 5) is 1.97. The fourth-order valence-electron chi connectivity index (χ4n) is 2.67. The van der Waals surface area contributed by atoms with Gasteiger partial charge in [0.05, 0.1) is 26.9 Å². The lowest BCUT2D eigenvalue weighted by Crippen LogP contribution is -2.31. The maximum Gasteiger partial charge on any atom is 0.127 e. The van der Waals surface area contributed by atoms with Crippen LogP contribution in [0.2, 0.25) is 0 Å². The molecule has 0 saturated carbocycles. The first-order valence-corrected chi connectivity index (χ1v) is 7.20. The Kier molecular flexibility index (Phi) is 5.60. The van der Waals surface area contributed by atoms with E-state index in [2.05, 4.69) is 0 Å². The molecule has 0 heterocycles. The predicted octanol–water partition coefficient (Wildman–Crippen LogP) is 1.64. The lowest BCUT2D eigenvalue weighted by molar-refractivity contribution is 0.0649. The zero-order valence-electron chi connectivity index (χ0n) is 13.2. The van der Waals surface area contributed by atoms with Gasteiger partial charge >= 0.3 is 0 Å². The summed E-state index contributed by atoms with van der Waals surface area (Å²) in [5.74, 6) is 1.60. The van der Waals surface area contributed by atoms with E-state index >= 15 is 0 Å². The van der Waals surface area contributed by atoms with Crippen LogP contribution >= 0.6 is 0 Å². The van der Waals surface area contributed by atoms with Gasteiger partial charge in [0.1, 0.15) is 11.5 Å². The molecular formula is C17H23NO4. The van der Waals surface area contributed by atoms with Gasteiger partial charge in [0.15, 0.2) is 0 Å². The van der Waals surface area contributed by atoms with E-state index in [-0.39, 0.29) is 6.61 Å². The molecule has 0 aliphatic heterocycles. The maximum atomic E-state index is 9.57. The summed E-state index contributed by atoms with van der Waals surface area (Å²) in [5, 5.41) is 20.5. The Hall–Kier alpha value is -1.82. The van der Waals surface area contributed by atoms with Gasteiger partial charge in [-0.05, 0) is 24.7 Å². The fourth-order valence-corrected chi connectivity index (χ4v) is 2.67. The molecule has 0 amide bonds. The van der Waals surface area contributed by atoms with Crippen molar-refractivity contribution < 1.29 is 19.7 Å². The molecule has 2 aromatic rings. The number of fused-ring (bicyclic) bond motifs is 1. The summed E-state index contributed by atoms with van der Waals surface area (Å²) in [5.41, 5.74) is 1.08. The number of ether oxygens (including phenoxy) is 2. The third-order valence-corrected chi connectivity index (χ3v) is 3.66. The minimum Gasteiger partial charge on any atom is -0.496 e. The number of likely N-dealkylation sites (N-methyl/N-ethyl adjacent to an activating group) is 1. The Morgan fingerprint density at radius 1 is 1.09 bits per heavy atom. The zero-order chi connectivity index (χ0) is 16.1. The van der Waals surface area contributed by atoms with Crippen LogP contribution in [0.25, 0.3) is 10.8 Å². The van der Waals surface area contributed by atoms with Gasteiger partial charge in [-0.2, -0.15) is 0 Å². The second-order valence-corrected chi connectivity index (χ2v) is 5.34. The highest BCUT2D eigenvalue weighted by atomic mass is 16.5. The number of benzene rings is 2. The van der Waals surface area contributed by atoms with Gasteiger partial charge in [0.25, 0.3) is 0 Å². The van der Waals surface area contributed by atoms with Crippen LogP contribution in [0.1, 0.15) is 5.56 Å². The van der Waals surface area contributed by atoms with Gasteiger partial charge in [0, 0.05) is 23.9 Å². The van der Waals surface area contributed by atoms with Crippen molar-refractivity contribution in [3.05, 3.63) is 35.9 Å². The third kappa shape index (κ3) is 3.50. The van der Waals surface area contributed by atoms with E-state index in [4.69, 9.17) is 14.6 Å². The molecule has 0 radical (unpaired) electrons. The van der Waals surface area contributed by atoms with Gasteiger partial charge in [0.2, 0.25) is 0 Å².